The van der Waals surface area contributed by atoms with Gasteiger partial charge >= 0.3 is 0 Å². The summed E-state index contributed by atoms with van der Waals surface area (Å²) in [6.45, 7) is 4.45. The first-order chi connectivity index (χ1) is 13.5. The molecule has 0 aromatic heterocycles. The SMILES string of the molecule is CC1=C(c2ccccc2)N(Cc2ccc(F)cc2)C(=O)C1(C)CCCCC#N. The van der Waals surface area contributed by atoms with Crippen molar-refractivity contribution < 1.29 is 9.18 Å². The summed E-state index contributed by atoms with van der Waals surface area (Å²) < 4.78 is 13.3. The maximum absolute atomic E-state index is 13.5. The Morgan fingerprint density at radius 2 is 1.75 bits per heavy atom. The zero-order chi connectivity index (χ0) is 20.1. The number of benzene rings is 2. The lowest BCUT2D eigenvalue weighted by molar-refractivity contribution is -0.134. The molecule has 144 valence electrons. The van der Waals surface area contributed by atoms with E-state index in [0.29, 0.717) is 13.0 Å². The van der Waals surface area contributed by atoms with Crippen LogP contribution in [0.1, 0.15) is 50.7 Å². The monoisotopic (exact) mass is 376 g/mol. The predicted molar refractivity (Wildman–Crippen MR) is 108 cm³/mol. The van der Waals surface area contributed by atoms with Crippen molar-refractivity contribution in [3.05, 3.63) is 77.1 Å². The van der Waals surface area contributed by atoms with Gasteiger partial charge in [0.2, 0.25) is 5.91 Å². The van der Waals surface area contributed by atoms with Crippen LogP contribution < -0.4 is 0 Å². The molecule has 0 N–H and O–H groups in total. The molecular weight excluding hydrogens is 351 g/mol. The number of rotatable bonds is 7. The van der Waals surface area contributed by atoms with E-state index < -0.39 is 5.41 Å². The molecule has 1 heterocycles. The van der Waals surface area contributed by atoms with Gasteiger partial charge in [0.1, 0.15) is 5.82 Å². The summed E-state index contributed by atoms with van der Waals surface area (Å²) in [7, 11) is 0. The summed E-state index contributed by atoms with van der Waals surface area (Å²) in [5.74, 6) is -0.209. The molecule has 0 radical (unpaired) electrons. The maximum atomic E-state index is 13.5. The maximum Gasteiger partial charge on any atom is 0.237 e. The normalized spacial score (nSPS) is 19.2. The first-order valence-corrected chi connectivity index (χ1v) is 9.67. The van der Waals surface area contributed by atoms with Crippen LogP contribution in [0.25, 0.3) is 5.70 Å². The Balaban J connectivity index is 1.96. The van der Waals surface area contributed by atoms with E-state index in [1.54, 1.807) is 12.1 Å². The van der Waals surface area contributed by atoms with Crippen LogP contribution >= 0.6 is 0 Å². The molecule has 0 saturated heterocycles. The number of hydrogen-bond donors (Lipinski definition) is 0. The van der Waals surface area contributed by atoms with Gasteiger partial charge in [-0.1, -0.05) is 48.9 Å². The van der Waals surface area contributed by atoms with E-state index in [-0.39, 0.29) is 11.7 Å². The van der Waals surface area contributed by atoms with E-state index in [4.69, 9.17) is 5.26 Å². The number of carbonyl (C=O) groups is 1. The first-order valence-electron chi connectivity index (χ1n) is 9.67. The second-order valence-corrected chi connectivity index (χ2v) is 7.55. The van der Waals surface area contributed by atoms with Gasteiger partial charge in [-0.2, -0.15) is 5.26 Å². The molecule has 2 aromatic rings. The van der Waals surface area contributed by atoms with Gasteiger partial charge in [0.25, 0.3) is 0 Å². The lowest BCUT2D eigenvalue weighted by atomic mass is 9.78. The van der Waals surface area contributed by atoms with Crippen molar-refractivity contribution >= 4 is 11.6 Å². The second kappa shape index (κ2) is 8.39. The van der Waals surface area contributed by atoms with Gasteiger partial charge in [0.05, 0.1) is 23.7 Å². The number of amides is 1. The molecular formula is C24H25FN2O. The molecule has 0 spiro atoms. The number of nitriles is 1. The molecule has 1 unspecified atom stereocenters. The van der Waals surface area contributed by atoms with E-state index >= 15 is 0 Å². The third-order valence-electron chi connectivity index (χ3n) is 5.69. The number of unbranched alkanes of at least 4 members (excludes halogenated alkanes) is 2. The van der Waals surface area contributed by atoms with Crippen LogP contribution in [-0.2, 0) is 11.3 Å². The van der Waals surface area contributed by atoms with Crippen LogP contribution in [0.2, 0.25) is 0 Å². The molecule has 3 nitrogen and oxygen atoms in total. The fourth-order valence-electron chi connectivity index (χ4n) is 3.89. The summed E-state index contributed by atoms with van der Waals surface area (Å²) in [6.07, 6.45) is 2.86. The number of nitrogens with zero attached hydrogens (tertiary/aromatic N) is 2. The Labute approximate surface area is 166 Å². The average molecular weight is 376 g/mol. The second-order valence-electron chi connectivity index (χ2n) is 7.55. The third kappa shape index (κ3) is 3.84. The Morgan fingerprint density at radius 1 is 1.07 bits per heavy atom. The number of halogens is 1. The molecule has 0 fully saturated rings. The molecule has 1 atom stereocenters. The Kier molecular flexibility index (Phi) is 5.94. The fourth-order valence-corrected chi connectivity index (χ4v) is 3.89. The molecule has 0 aliphatic carbocycles. The molecule has 1 aliphatic heterocycles. The van der Waals surface area contributed by atoms with Crippen LogP contribution in [0.15, 0.2) is 60.2 Å². The molecule has 3 rings (SSSR count). The molecule has 0 saturated carbocycles. The van der Waals surface area contributed by atoms with Gasteiger partial charge in [-0.05, 0) is 55.5 Å². The van der Waals surface area contributed by atoms with Crippen molar-refractivity contribution in [3.8, 4) is 6.07 Å². The van der Waals surface area contributed by atoms with Crippen LogP contribution in [0, 0.1) is 22.6 Å². The van der Waals surface area contributed by atoms with Crippen molar-refractivity contribution in [3.63, 3.8) is 0 Å². The highest BCUT2D eigenvalue weighted by atomic mass is 19.1. The zero-order valence-electron chi connectivity index (χ0n) is 16.4. The van der Waals surface area contributed by atoms with Gasteiger partial charge < -0.3 is 4.90 Å². The summed E-state index contributed by atoms with van der Waals surface area (Å²) in [5.41, 5.74) is 3.32. The first kappa shape index (κ1) is 19.8. The molecule has 2 aromatic carbocycles. The highest BCUT2D eigenvalue weighted by Crippen LogP contribution is 2.47. The largest absolute Gasteiger partial charge is 0.307 e. The van der Waals surface area contributed by atoms with Gasteiger partial charge in [0, 0.05) is 6.42 Å². The van der Waals surface area contributed by atoms with E-state index in [0.717, 1.165) is 41.7 Å². The average Bonchev–Trinajstić information content (AvgIpc) is 2.89. The summed E-state index contributed by atoms with van der Waals surface area (Å²) >= 11 is 0. The Bertz CT molecular complexity index is 912. The van der Waals surface area contributed by atoms with Crippen molar-refractivity contribution in [2.75, 3.05) is 0 Å². The highest BCUT2D eigenvalue weighted by molar-refractivity contribution is 6.00. The lowest BCUT2D eigenvalue weighted by Gasteiger charge is -2.26. The van der Waals surface area contributed by atoms with Gasteiger partial charge in [-0.15, -0.1) is 0 Å². The Morgan fingerprint density at radius 3 is 2.39 bits per heavy atom. The summed E-state index contributed by atoms with van der Waals surface area (Å²) in [4.78, 5) is 15.3. The highest BCUT2D eigenvalue weighted by Gasteiger charge is 2.46. The molecule has 1 aliphatic rings. The molecule has 4 heteroatoms. The summed E-state index contributed by atoms with van der Waals surface area (Å²) in [5, 5.41) is 8.78. The van der Waals surface area contributed by atoms with Gasteiger partial charge in [-0.3, -0.25) is 4.79 Å². The Hall–Kier alpha value is -2.93. The minimum Gasteiger partial charge on any atom is -0.307 e. The topological polar surface area (TPSA) is 44.1 Å². The quantitative estimate of drug-likeness (QED) is 0.583. The van der Waals surface area contributed by atoms with Crippen molar-refractivity contribution in [1.29, 1.82) is 5.26 Å². The molecule has 28 heavy (non-hydrogen) atoms. The fraction of sp³-hybridized carbons (Fsp3) is 0.333. The van der Waals surface area contributed by atoms with Crippen LogP contribution in [0.3, 0.4) is 0 Å². The van der Waals surface area contributed by atoms with Crippen LogP contribution in [0.4, 0.5) is 4.39 Å². The van der Waals surface area contributed by atoms with E-state index in [1.807, 2.05) is 49.1 Å². The zero-order valence-corrected chi connectivity index (χ0v) is 16.4. The number of carbonyl (C=O) groups excluding carboxylic acids is 1. The molecule has 1 amide bonds. The lowest BCUT2D eigenvalue weighted by Crippen LogP contribution is -2.34. The predicted octanol–water partition coefficient (Wildman–Crippen LogP) is 5.69. The van der Waals surface area contributed by atoms with E-state index in [1.165, 1.54) is 12.1 Å². The minimum absolute atomic E-state index is 0.0742. The van der Waals surface area contributed by atoms with Crippen molar-refractivity contribution in [1.82, 2.24) is 4.90 Å². The number of hydrogen-bond acceptors (Lipinski definition) is 2. The van der Waals surface area contributed by atoms with E-state index in [2.05, 4.69) is 6.07 Å². The third-order valence-corrected chi connectivity index (χ3v) is 5.69. The summed E-state index contributed by atoms with van der Waals surface area (Å²) in [6, 6.07) is 18.4. The van der Waals surface area contributed by atoms with Crippen molar-refractivity contribution in [2.45, 2.75) is 46.1 Å². The van der Waals surface area contributed by atoms with Crippen LogP contribution in [0.5, 0.6) is 0 Å². The molecule has 0 bridgehead atoms. The van der Waals surface area contributed by atoms with E-state index in [9.17, 15) is 9.18 Å². The smallest absolute Gasteiger partial charge is 0.237 e. The van der Waals surface area contributed by atoms with Gasteiger partial charge in [0.15, 0.2) is 0 Å². The van der Waals surface area contributed by atoms with Crippen LogP contribution in [-0.4, -0.2) is 10.8 Å². The standard InChI is InChI=1S/C24H25FN2O/c1-18-22(20-9-5-3-6-10-20)27(17-19-11-13-21(25)14-12-19)23(28)24(18,2)15-7-4-8-16-26/h3,5-6,9-14H,4,7-8,15,17H2,1-2H3. The van der Waals surface area contributed by atoms with Gasteiger partial charge in [-0.25, -0.2) is 4.39 Å². The van der Waals surface area contributed by atoms with Crippen molar-refractivity contribution in [2.24, 2.45) is 5.41 Å². The minimum atomic E-state index is -0.583.